The Morgan fingerprint density at radius 2 is 1.80 bits per heavy atom. The van der Waals surface area contributed by atoms with E-state index in [9.17, 15) is 13.2 Å². The van der Waals surface area contributed by atoms with Crippen LogP contribution < -0.4 is 10.6 Å². The molecule has 5 nitrogen and oxygen atoms in total. The molecule has 0 aromatic rings. The molecule has 1 aliphatic rings. The molecular weight excluding hydrogens is 448 g/mol. The maximum atomic E-state index is 12.2. The minimum absolute atomic E-state index is 0. The number of nitrogens with one attached hydrogen (secondary N) is 2. The van der Waals surface area contributed by atoms with Crippen molar-refractivity contribution in [1.29, 1.82) is 0 Å². The van der Waals surface area contributed by atoms with E-state index < -0.39 is 12.7 Å². The first-order valence-corrected chi connectivity index (χ1v) is 8.72. The number of likely N-dealkylation sites (N-methyl/N-ethyl adjacent to an activating group) is 1. The third-order valence-corrected chi connectivity index (χ3v) is 3.98. The molecule has 1 fully saturated rings. The normalized spacial score (nSPS) is 16.6. The highest BCUT2D eigenvalue weighted by Gasteiger charge is 2.28. The number of nitrogens with zero attached hydrogens (tertiary/aromatic N) is 2. The molecule has 0 aliphatic heterocycles. The first-order chi connectivity index (χ1) is 11.4. The number of halogens is 4. The zero-order chi connectivity index (χ0) is 17.8. The molecule has 150 valence electrons. The van der Waals surface area contributed by atoms with Crippen molar-refractivity contribution in [2.45, 2.75) is 50.8 Å². The summed E-state index contributed by atoms with van der Waals surface area (Å²) in [6.45, 7) is 1.25. The fourth-order valence-corrected chi connectivity index (χ4v) is 2.73. The van der Waals surface area contributed by atoms with Crippen molar-refractivity contribution in [3.63, 3.8) is 0 Å². The van der Waals surface area contributed by atoms with Crippen LogP contribution in [0.25, 0.3) is 0 Å². The van der Waals surface area contributed by atoms with Gasteiger partial charge in [-0.15, -0.1) is 24.0 Å². The average molecular weight is 480 g/mol. The standard InChI is InChI=1S/C16H31F3N4O.HI/c1-20-15(22-10-11-23(2)13-16(17,18)19)21-9-6-12-24-14-7-4-3-5-8-14;/h14H,3-13H2,1-2H3,(H2,20,21,22);1H. The van der Waals surface area contributed by atoms with Gasteiger partial charge in [0.05, 0.1) is 12.6 Å². The second-order valence-corrected chi connectivity index (χ2v) is 6.26. The first-order valence-electron chi connectivity index (χ1n) is 8.72. The number of aliphatic imine (C=N–C) groups is 1. The molecule has 0 heterocycles. The van der Waals surface area contributed by atoms with Gasteiger partial charge in [-0.3, -0.25) is 9.89 Å². The highest BCUT2D eigenvalue weighted by molar-refractivity contribution is 14.0. The van der Waals surface area contributed by atoms with Crippen LogP contribution in [0.1, 0.15) is 38.5 Å². The Bertz CT molecular complexity index is 364. The molecular formula is C16H32F3IN4O. The first kappa shape index (κ1) is 24.7. The number of alkyl halides is 3. The summed E-state index contributed by atoms with van der Waals surface area (Å²) >= 11 is 0. The number of ether oxygens (including phenoxy) is 1. The lowest BCUT2D eigenvalue weighted by atomic mass is 9.98. The van der Waals surface area contributed by atoms with Crippen LogP contribution in [0.2, 0.25) is 0 Å². The van der Waals surface area contributed by atoms with Crippen LogP contribution in [0.3, 0.4) is 0 Å². The fraction of sp³-hybridized carbons (Fsp3) is 0.938. The molecule has 0 radical (unpaired) electrons. The third kappa shape index (κ3) is 13.6. The molecule has 0 saturated heterocycles. The lowest BCUT2D eigenvalue weighted by Crippen LogP contribution is -2.42. The van der Waals surface area contributed by atoms with Gasteiger partial charge >= 0.3 is 6.18 Å². The lowest BCUT2D eigenvalue weighted by molar-refractivity contribution is -0.142. The Balaban J connectivity index is 0.00000576. The van der Waals surface area contributed by atoms with Crippen LogP contribution in [0, 0.1) is 0 Å². The third-order valence-electron chi connectivity index (χ3n) is 3.98. The van der Waals surface area contributed by atoms with E-state index in [-0.39, 0.29) is 24.0 Å². The summed E-state index contributed by atoms with van der Waals surface area (Å²) in [4.78, 5) is 5.29. The molecule has 0 spiro atoms. The fourth-order valence-electron chi connectivity index (χ4n) is 2.73. The van der Waals surface area contributed by atoms with Gasteiger partial charge in [-0.2, -0.15) is 13.2 Å². The highest BCUT2D eigenvalue weighted by Crippen LogP contribution is 2.20. The molecule has 0 atom stereocenters. The summed E-state index contributed by atoms with van der Waals surface area (Å²) in [6, 6.07) is 0. The highest BCUT2D eigenvalue weighted by atomic mass is 127. The monoisotopic (exact) mass is 480 g/mol. The second kappa shape index (κ2) is 13.9. The van der Waals surface area contributed by atoms with Crippen molar-refractivity contribution in [1.82, 2.24) is 15.5 Å². The summed E-state index contributed by atoms with van der Waals surface area (Å²) in [5.74, 6) is 0.605. The van der Waals surface area contributed by atoms with Crippen LogP contribution in [0.4, 0.5) is 13.2 Å². The van der Waals surface area contributed by atoms with Gasteiger partial charge < -0.3 is 15.4 Å². The predicted molar refractivity (Wildman–Crippen MR) is 106 cm³/mol. The summed E-state index contributed by atoms with van der Waals surface area (Å²) in [7, 11) is 3.10. The molecule has 1 aliphatic carbocycles. The van der Waals surface area contributed by atoms with E-state index in [1.807, 2.05) is 0 Å². The van der Waals surface area contributed by atoms with E-state index in [1.165, 1.54) is 44.1 Å². The van der Waals surface area contributed by atoms with E-state index in [0.29, 0.717) is 25.2 Å². The van der Waals surface area contributed by atoms with Gasteiger partial charge in [-0.1, -0.05) is 19.3 Å². The van der Waals surface area contributed by atoms with Crippen molar-refractivity contribution in [2.24, 2.45) is 4.99 Å². The zero-order valence-electron chi connectivity index (χ0n) is 15.2. The SMILES string of the molecule is CN=C(NCCCOC1CCCCC1)NCCN(C)CC(F)(F)F.I. The van der Waals surface area contributed by atoms with Gasteiger partial charge in [-0.25, -0.2) is 0 Å². The summed E-state index contributed by atoms with van der Waals surface area (Å²) in [5, 5.41) is 6.16. The summed E-state index contributed by atoms with van der Waals surface area (Å²) < 4.78 is 42.5. The van der Waals surface area contributed by atoms with Gasteiger partial charge in [0.2, 0.25) is 0 Å². The van der Waals surface area contributed by atoms with Gasteiger partial charge in [0.15, 0.2) is 5.96 Å². The number of guanidine groups is 1. The molecule has 9 heteroatoms. The van der Waals surface area contributed by atoms with Gasteiger partial charge in [-0.05, 0) is 26.3 Å². The van der Waals surface area contributed by atoms with E-state index in [0.717, 1.165) is 19.6 Å². The van der Waals surface area contributed by atoms with E-state index in [2.05, 4.69) is 15.6 Å². The Hall–Kier alpha value is -0.290. The molecule has 0 amide bonds. The molecule has 0 unspecified atom stereocenters. The predicted octanol–water partition coefficient (Wildman–Crippen LogP) is 3.00. The van der Waals surface area contributed by atoms with Crippen LogP contribution in [-0.2, 0) is 4.74 Å². The van der Waals surface area contributed by atoms with Gasteiger partial charge in [0.25, 0.3) is 0 Å². The Kier molecular flexibility index (Phi) is 13.7. The van der Waals surface area contributed by atoms with Crippen molar-refractivity contribution in [3.05, 3.63) is 0 Å². The molecule has 1 rings (SSSR count). The average Bonchev–Trinajstić information content (AvgIpc) is 2.52. The van der Waals surface area contributed by atoms with Crippen molar-refractivity contribution < 1.29 is 17.9 Å². The minimum Gasteiger partial charge on any atom is -0.378 e. The quantitative estimate of drug-likeness (QED) is 0.231. The molecule has 1 saturated carbocycles. The van der Waals surface area contributed by atoms with Crippen molar-refractivity contribution >= 4 is 29.9 Å². The topological polar surface area (TPSA) is 48.9 Å². The number of hydrogen-bond acceptors (Lipinski definition) is 3. The largest absolute Gasteiger partial charge is 0.401 e. The van der Waals surface area contributed by atoms with Crippen LogP contribution in [-0.4, -0.2) is 70.0 Å². The molecule has 2 N–H and O–H groups in total. The van der Waals surface area contributed by atoms with Gasteiger partial charge in [0, 0.05) is 33.3 Å². The lowest BCUT2D eigenvalue weighted by Gasteiger charge is -2.22. The van der Waals surface area contributed by atoms with Gasteiger partial charge in [0.1, 0.15) is 0 Å². The second-order valence-electron chi connectivity index (χ2n) is 6.26. The molecule has 0 aromatic carbocycles. The minimum atomic E-state index is -4.16. The molecule has 25 heavy (non-hydrogen) atoms. The Labute approximate surface area is 166 Å². The van der Waals surface area contributed by atoms with Crippen molar-refractivity contribution in [2.75, 3.05) is 46.9 Å². The van der Waals surface area contributed by atoms with Crippen LogP contribution in [0.15, 0.2) is 4.99 Å². The molecule has 0 aromatic heterocycles. The Morgan fingerprint density at radius 1 is 1.16 bits per heavy atom. The van der Waals surface area contributed by atoms with E-state index >= 15 is 0 Å². The van der Waals surface area contributed by atoms with E-state index in [1.54, 1.807) is 7.05 Å². The summed E-state index contributed by atoms with van der Waals surface area (Å²) in [6.07, 6.45) is 3.33. The van der Waals surface area contributed by atoms with Crippen LogP contribution in [0.5, 0.6) is 0 Å². The van der Waals surface area contributed by atoms with Crippen LogP contribution >= 0.6 is 24.0 Å². The number of rotatable bonds is 9. The maximum Gasteiger partial charge on any atom is 0.401 e. The van der Waals surface area contributed by atoms with Crippen molar-refractivity contribution in [3.8, 4) is 0 Å². The van der Waals surface area contributed by atoms with E-state index in [4.69, 9.17) is 4.74 Å². The zero-order valence-corrected chi connectivity index (χ0v) is 17.5. The smallest absolute Gasteiger partial charge is 0.378 e. The maximum absolute atomic E-state index is 12.2. The Morgan fingerprint density at radius 3 is 2.40 bits per heavy atom. The molecule has 0 bridgehead atoms. The summed E-state index contributed by atoms with van der Waals surface area (Å²) in [5.41, 5.74) is 0. The number of hydrogen-bond donors (Lipinski definition) is 2.